The number of carbonyl (C=O) groups excluding carboxylic acids is 1. The molecule has 0 aliphatic carbocycles. The molecular formula is C25H35N5O2. The third-order valence-corrected chi connectivity index (χ3v) is 5.76. The Bertz CT molecular complexity index is 887. The van der Waals surface area contributed by atoms with E-state index in [1.807, 2.05) is 30.3 Å². The molecule has 1 aliphatic rings. The molecule has 1 heterocycles. The summed E-state index contributed by atoms with van der Waals surface area (Å²) in [6.07, 6.45) is 1.83. The van der Waals surface area contributed by atoms with Gasteiger partial charge >= 0.3 is 0 Å². The fourth-order valence-corrected chi connectivity index (χ4v) is 3.71. The van der Waals surface area contributed by atoms with Crippen molar-refractivity contribution < 1.29 is 9.53 Å². The lowest BCUT2D eigenvalue weighted by molar-refractivity contribution is -0.121. The number of hydrogen-bond acceptors (Lipinski definition) is 4. The van der Waals surface area contributed by atoms with Crippen LogP contribution in [-0.2, 0) is 11.3 Å². The van der Waals surface area contributed by atoms with E-state index in [0.29, 0.717) is 12.6 Å². The second-order valence-electron chi connectivity index (χ2n) is 8.12. The standard InChI is InChI=1S/C25H35N5O2/c1-20(29(3)18-21-10-5-4-6-11-21)14-16-28-25(26-2)27-15-9-17-30-22-12-7-8-13-23(22)32-19-24(30)31/h4-8,10-13,20H,9,14-19H2,1-3H3,(H2,26,27,28). The molecule has 1 unspecified atom stereocenters. The van der Waals surface area contributed by atoms with Crippen molar-refractivity contribution in [1.29, 1.82) is 0 Å². The van der Waals surface area contributed by atoms with Crippen molar-refractivity contribution in [1.82, 2.24) is 15.5 Å². The first-order valence-electron chi connectivity index (χ1n) is 11.3. The molecule has 3 rings (SSSR count). The van der Waals surface area contributed by atoms with Gasteiger partial charge in [0.2, 0.25) is 0 Å². The molecular weight excluding hydrogens is 402 g/mol. The fourth-order valence-electron chi connectivity index (χ4n) is 3.71. The number of amides is 1. The van der Waals surface area contributed by atoms with Crippen LogP contribution < -0.4 is 20.3 Å². The van der Waals surface area contributed by atoms with Crippen molar-refractivity contribution in [2.24, 2.45) is 4.99 Å². The van der Waals surface area contributed by atoms with Gasteiger partial charge in [-0.15, -0.1) is 0 Å². The number of nitrogens with one attached hydrogen (secondary N) is 2. The minimum atomic E-state index is -0.000169. The lowest BCUT2D eigenvalue weighted by Crippen LogP contribution is -2.42. The number of para-hydroxylation sites is 2. The lowest BCUT2D eigenvalue weighted by atomic mass is 10.1. The minimum absolute atomic E-state index is 0.000169. The van der Waals surface area contributed by atoms with Crippen molar-refractivity contribution >= 4 is 17.6 Å². The highest BCUT2D eigenvalue weighted by Gasteiger charge is 2.24. The molecule has 0 saturated carbocycles. The Labute approximate surface area is 191 Å². The van der Waals surface area contributed by atoms with E-state index >= 15 is 0 Å². The Morgan fingerprint density at radius 1 is 1.12 bits per heavy atom. The Morgan fingerprint density at radius 2 is 1.84 bits per heavy atom. The zero-order valence-electron chi connectivity index (χ0n) is 19.4. The van der Waals surface area contributed by atoms with Gasteiger partial charge < -0.3 is 20.3 Å². The Balaban J connectivity index is 1.35. The van der Waals surface area contributed by atoms with E-state index in [1.165, 1.54) is 5.56 Å². The molecule has 0 fully saturated rings. The van der Waals surface area contributed by atoms with Crippen LogP contribution in [0, 0.1) is 0 Å². The quantitative estimate of drug-likeness (QED) is 0.340. The van der Waals surface area contributed by atoms with Gasteiger partial charge in [-0.1, -0.05) is 42.5 Å². The number of ether oxygens (including phenoxy) is 1. The average molecular weight is 438 g/mol. The molecule has 1 atom stereocenters. The Kier molecular flexibility index (Phi) is 8.92. The number of fused-ring (bicyclic) bond motifs is 1. The first kappa shape index (κ1) is 23.6. The zero-order valence-corrected chi connectivity index (χ0v) is 19.4. The minimum Gasteiger partial charge on any atom is -0.482 e. The van der Waals surface area contributed by atoms with E-state index in [4.69, 9.17) is 4.74 Å². The van der Waals surface area contributed by atoms with Crippen LogP contribution in [0.3, 0.4) is 0 Å². The van der Waals surface area contributed by atoms with Crippen LogP contribution in [-0.4, -0.2) is 63.1 Å². The van der Waals surface area contributed by atoms with Crippen molar-refractivity contribution in [3.8, 4) is 5.75 Å². The first-order chi connectivity index (χ1) is 15.6. The van der Waals surface area contributed by atoms with Gasteiger partial charge in [0.15, 0.2) is 12.6 Å². The summed E-state index contributed by atoms with van der Waals surface area (Å²) in [5.41, 5.74) is 2.17. The first-order valence-corrected chi connectivity index (χ1v) is 11.3. The summed E-state index contributed by atoms with van der Waals surface area (Å²) in [6.45, 7) is 5.51. The largest absolute Gasteiger partial charge is 0.482 e. The lowest BCUT2D eigenvalue weighted by Gasteiger charge is -2.29. The van der Waals surface area contributed by atoms with Gasteiger partial charge in [-0.2, -0.15) is 0 Å². The molecule has 7 heteroatoms. The molecule has 2 aromatic carbocycles. The molecule has 0 spiro atoms. The third kappa shape index (κ3) is 6.72. The molecule has 0 saturated heterocycles. The van der Waals surface area contributed by atoms with Crippen molar-refractivity contribution in [3.05, 3.63) is 60.2 Å². The molecule has 1 amide bonds. The number of carbonyl (C=O) groups is 1. The van der Waals surface area contributed by atoms with Crippen LogP contribution in [0.5, 0.6) is 5.75 Å². The van der Waals surface area contributed by atoms with E-state index in [2.05, 4.69) is 58.8 Å². The highest BCUT2D eigenvalue weighted by atomic mass is 16.5. The number of guanidine groups is 1. The van der Waals surface area contributed by atoms with Crippen LogP contribution in [0.4, 0.5) is 5.69 Å². The second kappa shape index (κ2) is 12.1. The maximum absolute atomic E-state index is 12.3. The van der Waals surface area contributed by atoms with E-state index < -0.39 is 0 Å². The molecule has 32 heavy (non-hydrogen) atoms. The molecule has 2 N–H and O–H groups in total. The normalized spacial score (nSPS) is 14.7. The number of anilines is 1. The predicted molar refractivity (Wildman–Crippen MR) is 130 cm³/mol. The summed E-state index contributed by atoms with van der Waals surface area (Å²) in [5, 5.41) is 6.74. The summed E-state index contributed by atoms with van der Waals surface area (Å²) in [4.78, 5) is 20.7. The molecule has 0 radical (unpaired) electrons. The summed E-state index contributed by atoms with van der Waals surface area (Å²) in [6, 6.07) is 18.7. The monoisotopic (exact) mass is 437 g/mol. The Morgan fingerprint density at radius 3 is 2.62 bits per heavy atom. The SMILES string of the molecule is CN=C(NCCCN1C(=O)COc2ccccc21)NCCC(C)N(C)Cc1ccccc1. The predicted octanol–water partition coefficient (Wildman–Crippen LogP) is 2.88. The van der Waals surface area contributed by atoms with Gasteiger partial charge in [0.25, 0.3) is 5.91 Å². The van der Waals surface area contributed by atoms with E-state index in [1.54, 1.807) is 11.9 Å². The van der Waals surface area contributed by atoms with Crippen LogP contribution in [0.1, 0.15) is 25.3 Å². The fraction of sp³-hybridized carbons (Fsp3) is 0.440. The van der Waals surface area contributed by atoms with E-state index in [-0.39, 0.29) is 12.5 Å². The number of nitrogens with zero attached hydrogens (tertiary/aromatic N) is 3. The van der Waals surface area contributed by atoms with Crippen molar-refractivity contribution in [2.75, 3.05) is 45.2 Å². The summed E-state index contributed by atoms with van der Waals surface area (Å²) in [5.74, 6) is 1.56. The number of benzene rings is 2. The molecule has 2 aromatic rings. The summed E-state index contributed by atoms with van der Waals surface area (Å²) in [7, 11) is 3.94. The number of aliphatic imine (C=N–C) groups is 1. The van der Waals surface area contributed by atoms with Gasteiger partial charge in [0.05, 0.1) is 5.69 Å². The van der Waals surface area contributed by atoms with Gasteiger partial charge in [-0.05, 0) is 44.5 Å². The van der Waals surface area contributed by atoms with Gasteiger partial charge in [0.1, 0.15) is 5.75 Å². The maximum atomic E-state index is 12.3. The van der Waals surface area contributed by atoms with Gasteiger partial charge in [-0.25, -0.2) is 0 Å². The maximum Gasteiger partial charge on any atom is 0.265 e. The van der Waals surface area contributed by atoms with Crippen molar-refractivity contribution in [2.45, 2.75) is 32.4 Å². The van der Waals surface area contributed by atoms with Crippen LogP contribution in [0.2, 0.25) is 0 Å². The third-order valence-electron chi connectivity index (χ3n) is 5.76. The number of hydrogen-bond donors (Lipinski definition) is 2. The molecule has 1 aliphatic heterocycles. The number of rotatable bonds is 10. The van der Waals surface area contributed by atoms with E-state index in [9.17, 15) is 4.79 Å². The Hall–Kier alpha value is -3.06. The van der Waals surface area contributed by atoms with Gasteiger partial charge in [0, 0.05) is 39.3 Å². The highest BCUT2D eigenvalue weighted by Crippen LogP contribution is 2.31. The molecule has 7 nitrogen and oxygen atoms in total. The molecule has 0 bridgehead atoms. The van der Waals surface area contributed by atoms with Gasteiger partial charge in [-0.3, -0.25) is 14.7 Å². The van der Waals surface area contributed by atoms with Crippen LogP contribution in [0.15, 0.2) is 59.6 Å². The average Bonchev–Trinajstić information content (AvgIpc) is 2.82. The smallest absolute Gasteiger partial charge is 0.265 e. The van der Waals surface area contributed by atoms with Crippen molar-refractivity contribution in [3.63, 3.8) is 0 Å². The topological polar surface area (TPSA) is 69.2 Å². The van der Waals surface area contributed by atoms with Crippen LogP contribution in [0.25, 0.3) is 0 Å². The molecule has 0 aromatic heterocycles. The summed E-state index contributed by atoms with van der Waals surface area (Å²) >= 11 is 0. The highest BCUT2D eigenvalue weighted by molar-refractivity contribution is 5.97. The van der Waals surface area contributed by atoms with E-state index in [0.717, 1.165) is 49.9 Å². The van der Waals surface area contributed by atoms with Crippen LogP contribution >= 0.6 is 0 Å². The zero-order chi connectivity index (χ0) is 22.8. The molecule has 172 valence electrons. The second-order valence-corrected chi connectivity index (χ2v) is 8.12. The summed E-state index contributed by atoms with van der Waals surface area (Å²) < 4.78 is 5.50.